The average molecular weight is 250 g/mol. The van der Waals surface area contributed by atoms with E-state index in [2.05, 4.69) is 5.32 Å². The lowest BCUT2D eigenvalue weighted by atomic mass is 10.1. The summed E-state index contributed by atoms with van der Waals surface area (Å²) in [5.41, 5.74) is 0.808. The third-order valence-corrected chi connectivity index (χ3v) is 2.62. The van der Waals surface area contributed by atoms with Crippen LogP contribution in [0.3, 0.4) is 0 Å². The monoisotopic (exact) mass is 250 g/mol. The molecule has 0 aliphatic carbocycles. The number of benzene rings is 1. The zero-order chi connectivity index (χ0) is 13.8. The van der Waals surface area contributed by atoms with Gasteiger partial charge in [-0.15, -0.1) is 0 Å². The fraction of sp³-hybridized carbons (Fsp3) is 0.500. The summed E-state index contributed by atoms with van der Waals surface area (Å²) in [4.78, 5) is 13.1. The molecule has 4 heteroatoms. The fourth-order valence-corrected chi connectivity index (χ4v) is 1.85. The SMILES string of the molecule is CC(=O)c1ccc(NCC(C)(O)CN(C)C)cc1. The summed E-state index contributed by atoms with van der Waals surface area (Å²) in [7, 11) is 3.85. The highest BCUT2D eigenvalue weighted by Gasteiger charge is 2.20. The zero-order valence-corrected chi connectivity index (χ0v) is 11.5. The van der Waals surface area contributed by atoms with Crippen molar-refractivity contribution in [1.29, 1.82) is 0 Å². The van der Waals surface area contributed by atoms with Crippen LogP contribution in [0, 0.1) is 0 Å². The van der Waals surface area contributed by atoms with Crippen LogP contribution in [0.25, 0.3) is 0 Å². The van der Waals surface area contributed by atoms with Gasteiger partial charge in [-0.2, -0.15) is 0 Å². The number of hydrogen-bond acceptors (Lipinski definition) is 4. The molecule has 1 rings (SSSR count). The molecule has 1 unspecified atom stereocenters. The molecule has 1 aromatic rings. The van der Waals surface area contributed by atoms with Crippen molar-refractivity contribution in [2.24, 2.45) is 0 Å². The molecule has 0 spiro atoms. The smallest absolute Gasteiger partial charge is 0.159 e. The Morgan fingerprint density at radius 3 is 2.33 bits per heavy atom. The number of aliphatic hydroxyl groups is 1. The maximum Gasteiger partial charge on any atom is 0.159 e. The number of carbonyl (C=O) groups is 1. The van der Waals surface area contributed by atoms with Crippen LogP contribution in [-0.4, -0.2) is 48.6 Å². The second-order valence-corrected chi connectivity index (χ2v) is 5.22. The number of hydrogen-bond donors (Lipinski definition) is 2. The van der Waals surface area contributed by atoms with Crippen LogP contribution in [0.15, 0.2) is 24.3 Å². The Bertz CT molecular complexity index is 397. The number of anilines is 1. The van der Waals surface area contributed by atoms with Gasteiger partial charge in [0.25, 0.3) is 0 Å². The van der Waals surface area contributed by atoms with Gasteiger partial charge < -0.3 is 15.3 Å². The van der Waals surface area contributed by atoms with Gasteiger partial charge in [-0.05, 0) is 52.2 Å². The highest BCUT2D eigenvalue weighted by molar-refractivity contribution is 5.94. The van der Waals surface area contributed by atoms with E-state index in [1.165, 1.54) is 0 Å². The number of nitrogens with zero attached hydrogens (tertiary/aromatic N) is 1. The topological polar surface area (TPSA) is 52.6 Å². The van der Waals surface area contributed by atoms with Gasteiger partial charge in [-0.1, -0.05) is 0 Å². The highest BCUT2D eigenvalue weighted by atomic mass is 16.3. The Balaban J connectivity index is 2.55. The number of carbonyl (C=O) groups excluding carboxylic acids is 1. The summed E-state index contributed by atoms with van der Waals surface area (Å²) in [5, 5.41) is 13.3. The first-order valence-corrected chi connectivity index (χ1v) is 6.02. The molecule has 100 valence electrons. The van der Waals surface area contributed by atoms with Gasteiger partial charge in [0, 0.05) is 24.3 Å². The second-order valence-electron chi connectivity index (χ2n) is 5.22. The van der Waals surface area contributed by atoms with Crippen molar-refractivity contribution in [3.05, 3.63) is 29.8 Å². The molecule has 0 amide bonds. The largest absolute Gasteiger partial charge is 0.387 e. The summed E-state index contributed by atoms with van der Waals surface area (Å²) in [6, 6.07) is 7.27. The number of likely N-dealkylation sites (N-methyl/N-ethyl adjacent to an activating group) is 1. The van der Waals surface area contributed by atoms with Gasteiger partial charge >= 0.3 is 0 Å². The molecule has 0 heterocycles. The predicted octanol–water partition coefficient (Wildman–Crippen LogP) is 1.61. The van der Waals surface area contributed by atoms with E-state index < -0.39 is 5.60 Å². The molecule has 1 aromatic carbocycles. The lowest BCUT2D eigenvalue weighted by Gasteiger charge is -2.27. The minimum atomic E-state index is -0.789. The Kier molecular flexibility index (Phi) is 4.87. The van der Waals surface area contributed by atoms with E-state index >= 15 is 0 Å². The van der Waals surface area contributed by atoms with E-state index in [4.69, 9.17) is 0 Å². The molecule has 0 aliphatic heterocycles. The fourth-order valence-electron chi connectivity index (χ4n) is 1.85. The van der Waals surface area contributed by atoms with E-state index in [0.717, 1.165) is 5.69 Å². The molecule has 0 saturated heterocycles. The molecule has 0 aliphatic rings. The van der Waals surface area contributed by atoms with Gasteiger partial charge in [0.1, 0.15) is 0 Å². The number of Topliss-reactive ketones (excluding diaryl/α,β-unsaturated/α-hetero) is 1. The van der Waals surface area contributed by atoms with Crippen LogP contribution in [0.4, 0.5) is 5.69 Å². The molecule has 4 nitrogen and oxygen atoms in total. The van der Waals surface area contributed by atoms with Gasteiger partial charge in [0.15, 0.2) is 5.78 Å². The minimum absolute atomic E-state index is 0.0566. The lowest BCUT2D eigenvalue weighted by Crippen LogP contribution is -2.43. The number of nitrogens with one attached hydrogen (secondary N) is 1. The highest BCUT2D eigenvalue weighted by Crippen LogP contribution is 2.12. The lowest BCUT2D eigenvalue weighted by molar-refractivity contribution is 0.0460. The number of rotatable bonds is 6. The van der Waals surface area contributed by atoms with Crippen molar-refractivity contribution in [2.45, 2.75) is 19.4 Å². The van der Waals surface area contributed by atoms with Gasteiger partial charge in [-0.25, -0.2) is 0 Å². The van der Waals surface area contributed by atoms with Crippen LogP contribution in [-0.2, 0) is 0 Å². The molecule has 0 radical (unpaired) electrons. The minimum Gasteiger partial charge on any atom is -0.387 e. The van der Waals surface area contributed by atoms with Crippen molar-refractivity contribution in [3.8, 4) is 0 Å². The summed E-state index contributed by atoms with van der Waals surface area (Å²) < 4.78 is 0. The predicted molar refractivity (Wildman–Crippen MR) is 74.1 cm³/mol. The van der Waals surface area contributed by atoms with Crippen LogP contribution < -0.4 is 5.32 Å². The Morgan fingerprint density at radius 1 is 1.33 bits per heavy atom. The first-order chi connectivity index (χ1) is 8.30. The Morgan fingerprint density at radius 2 is 1.89 bits per heavy atom. The molecule has 0 fully saturated rings. The van der Waals surface area contributed by atoms with Crippen molar-refractivity contribution < 1.29 is 9.90 Å². The van der Waals surface area contributed by atoms with Crippen LogP contribution in [0.5, 0.6) is 0 Å². The normalized spacial score (nSPS) is 14.3. The first-order valence-electron chi connectivity index (χ1n) is 6.02. The van der Waals surface area contributed by atoms with Gasteiger partial charge in [0.2, 0.25) is 0 Å². The van der Waals surface area contributed by atoms with E-state index in [-0.39, 0.29) is 5.78 Å². The quantitative estimate of drug-likeness (QED) is 0.753. The number of ketones is 1. The van der Waals surface area contributed by atoms with Crippen LogP contribution in [0.2, 0.25) is 0 Å². The van der Waals surface area contributed by atoms with Gasteiger partial charge in [-0.3, -0.25) is 4.79 Å². The van der Waals surface area contributed by atoms with E-state index in [1.54, 1.807) is 26.0 Å². The molecular weight excluding hydrogens is 228 g/mol. The summed E-state index contributed by atoms with van der Waals surface area (Å²) >= 11 is 0. The van der Waals surface area contributed by atoms with E-state index in [1.807, 2.05) is 31.1 Å². The maximum atomic E-state index is 11.1. The molecule has 0 saturated carbocycles. The van der Waals surface area contributed by atoms with Crippen molar-refractivity contribution >= 4 is 11.5 Å². The van der Waals surface area contributed by atoms with E-state index in [9.17, 15) is 9.90 Å². The molecule has 2 N–H and O–H groups in total. The Hall–Kier alpha value is -1.39. The van der Waals surface area contributed by atoms with Crippen LogP contribution >= 0.6 is 0 Å². The van der Waals surface area contributed by atoms with Crippen molar-refractivity contribution in [3.63, 3.8) is 0 Å². The van der Waals surface area contributed by atoms with E-state index in [0.29, 0.717) is 18.7 Å². The Labute approximate surface area is 109 Å². The van der Waals surface area contributed by atoms with Crippen molar-refractivity contribution in [2.75, 3.05) is 32.5 Å². The van der Waals surface area contributed by atoms with Crippen molar-refractivity contribution in [1.82, 2.24) is 4.90 Å². The maximum absolute atomic E-state index is 11.1. The molecule has 0 bridgehead atoms. The van der Waals surface area contributed by atoms with Gasteiger partial charge in [0.05, 0.1) is 5.60 Å². The molecule has 18 heavy (non-hydrogen) atoms. The summed E-state index contributed by atoms with van der Waals surface area (Å²) in [6.07, 6.45) is 0. The third kappa shape index (κ3) is 4.85. The summed E-state index contributed by atoms with van der Waals surface area (Å²) in [5.74, 6) is 0.0566. The first kappa shape index (κ1) is 14.7. The second kappa shape index (κ2) is 5.98. The zero-order valence-electron chi connectivity index (χ0n) is 11.5. The van der Waals surface area contributed by atoms with Crippen LogP contribution in [0.1, 0.15) is 24.2 Å². The molecule has 1 atom stereocenters. The third-order valence-electron chi connectivity index (χ3n) is 2.62. The standard InChI is InChI=1S/C14H22N2O2/c1-11(17)12-5-7-13(8-6-12)15-9-14(2,18)10-16(3)4/h5-8,15,18H,9-10H2,1-4H3. The molecule has 0 aromatic heterocycles. The average Bonchev–Trinajstić information content (AvgIpc) is 2.25. The molecular formula is C14H22N2O2. The summed E-state index contributed by atoms with van der Waals surface area (Å²) in [6.45, 7) is 4.39.